The van der Waals surface area contributed by atoms with Gasteiger partial charge in [-0.15, -0.1) is 10.2 Å². The molecule has 3 rings (SSSR count). The van der Waals surface area contributed by atoms with Crippen LogP contribution in [0.5, 0.6) is 0 Å². The average molecular weight is 301 g/mol. The number of aromatic carboxylic acids is 1. The van der Waals surface area contributed by atoms with Crippen molar-refractivity contribution < 1.29 is 19.5 Å². The van der Waals surface area contributed by atoms with Crippen LogP contribution in [0.3, 0.4) is 0 Å². The Hall–Kier alpha value is -3.23. The number of anilines is 2. The van der Waals surface area contributed by atoms with Gasteiger partial charge in [0.25, 0.3) is 0 Å². The number of nitrogens with one attached hydrogen (secondary N) is 2. The van der Waals surface area contributed by atoms with Gasteiger partial charge in [-0.1, -0.05) is 6.07 Å². The number of nitrogens with zero attached hydrogens (tertiary/aromatic N) is 3. The molecule has 1 atom stereocenters. The summed E-state index contributed by atoms with van der Waals surface area (Å²) in [6, 6.07) is 5.07. The molecule has 2 heterocycles. The maximum Gasteiger partial charge on any atom is 0.335 e. The summed E-state index contributed by atoms with van der Waals surface area (Å²) in [6.45, 7) is 0. The van der Waals surface area contributed by atoms with Crippen molar-refractivity contribution >= 4 is 29.4 Å². The molecule has 0 bridgehead atoms. The summed E-state index contributed by atoms with van der Waals surface area (Å²) < 4.78 is 1.46. The lowest BCUT2D eigenvalue weighted by atomic mass is 10.1. The van der Waals surface area contributed by atoms with E-state index in [9.17, 15) is 14.4 Å². The van der Waals surface area contributed by atoms with Gasteiger partial charge in [-0.25, -0.2) is 4.79 Å². The van der Waals surface area contributed by atoms with Crippen LogP contribution in [0.25, 0.3) is 0 Å². The monoisotopic (exact) mass is 301 g/mol. The second kappa shape index (κ2) is 5.28. The topological polar surface area (TPSA) is 126 Å². The van der Waals surface area contributed by atoms with E-state index < -0.39 is 17.9 Å². The number of hydrogen-bond donors (Lipinski definition) is 3. The lowest BCUT2D eigenvalue weighted by Crippen LogP contribution is -2.35. The molecule has 22 heavy (non-hydrogen) atoms. The minimum atomic E-state index is -1.09. The molecule has 0 spiro atoms. The van der Waals surface area contributed by atoms with Gasteiger partial charge in [-0.3, -0.25) is 19.5 Å². The van der Waals surface area contributed by atoms with Gasteiger partial charge in [0.1, 0.15) is 12.4 Å². The first-order valence-corrected chi connectivity index (χ1v) is 6.38. The van der Waals surface area contributed by atoms with Crippen LogP contribution in [-0.4, -0.2) is 37.7 Å². The largest absolute Gasteiger partial charge is 0.478 e. The lowest BCUT2D eigenvalue weighted by Gasteiger charge is -2.23. The highest BCUT2D eigenvalue weighted by atomic mass is 16.4. The third-order valence-corrected chi connectivity index (χ3v) is 3.22. The molecule has 1 aromatic carbocycles. The molecule has 2 aromatic rings. The van der Waals surface area contributed by atoms with Crippen LogP contribution >= 0.6 is 0 Å². The number of hydrogen-bond acceptors (Lipinski definition) is 5. The molecular formula is C13H11N5O4. The quantitative estimate of drug-likeness (QED) is 0.757. The number of rotatable bonds is 3. The van der Waals surface area contributed by atoms with Crippen LogP contribution < -0.4 is 10.6 Å². The Morgan fingerprint density at radius 2 is 2.23 bits per heavy atom. The number of fused-ring (bicyclic) bond motifs is 1. The Bertz CT molecular complexity index is 769. The molecular weight excluding hydrogens is 290 g/mol. The van der Waals surface area contributed by atoms with Gasteiger partial charge >= 0.3 is 5.97 Å². The van der Waals surface area contributed by atoms with Crippen molar-refractivity contribution in [2.75, 3.05) is 10.6 Å². The first-order valence-electron chi connectivity index (χ1n) is 6.38. The third-order valence-electron chi connectivity index (χ3n) is 3.22. The van der Waals surface area contributed by atoms with Crippen LogP contribution in [-0.2, 0) is 9.59 Å². The number of benzene rings is 1. The molecule has 0 radical (unpaired) electrons. The van der Waals surface area contributed by atoms with E-state index in [1.807, 2.05) is 0 Å². The number of aromatic nitrogens is 3. The molecule has 1 aromatic heterocycles. The summed E-state index contributed by atoms with van der Waals surface area (Å²) in [5, 5.41) is 21.4. The highest BCUT2D eigenvalue weighted by molar-refractivity contribution is 6.01. The summed E-state index contributed by atoms with van der Waals surface area (Å²) in [7, 11) is 0. The van der Waals surface area contributed by atoms with E-state index in [0.29, 0.717) is 5.69 Å². The highest BCUT2D eigenvalue weighted by Gasteiger charge is 2.31. The van der Waals surface area contributed by atoms with Gasteiger partial charge in [0.2, 0.25) is 17.8 Å². The van der Waals surface area contributed by atoms with Crippen LogP contribution in [0.15, 0.2) is 30.6 Å². The molecule has 9 nitrogen and oxygen atoms in total. The van der Waals surface area contributed by atoms with E-state index in [2.05, 4.69) is 20.8 Å². The second-order valence-corrected chi connectivity index (χ2v) is 4.71. The van der Waals surface area contributed by atoms with Crippen molar-refractivity contribution in [2.24, 2.45) is 0 Å². The lowest BCUT2D eigenvalue weighted by molar-refractivity contribution is -0.125. The van der Waals surface area contributed by atoms with Crippen molar-refractivity contribution in [3.63, 3.8) is 0 Å². The molecule has 1 unspecified atom stereocenters. The molecule has 0 aliphatic carbocycles. The summed E-state index contributed by atoms with van der Waals surface area (Å²) in [5.41, 5.74) is 0.398. The zero-order chi connectivity index (χ0) is 15.7. The molecule has 0 fully saturated rings. The Balaban J connectivity index is 1.82. The van der Waals surface area contributed by atoms with Gasteiger partial charge in [-0.2, -0.15) is 0 Å². The SMILES string of the molecule is O=C1CC(C(=O)Nc2cccc(C(=O)O)c2)n2cnnc2N1. The number of amides is 2. The van der Waals surface area contributed by atoms with Gasteiger partial charge < -0.3 is 10.4 Å². The fourth-order valence-electron chi connectivity index (χ4n) is 2.18. The van der Waals surface area contributed by atoms with Gasteiger partial charge in [0, 0.05) is 5.69 Å². The number of carbonyl (C=O) groups is 3. The van der Waals surface area contributed by atoms with Crippen LogP contribution in [0.4, 0.5) is 11.6 Å². The minimum absolute atomic E-state index is 0.0461. The maximum atomic E-state index is 12.3. The predicted octanol–water partition coefficient (Wildman–Crippen LogP) is 0.498. The van der Waals surface area contributed by atoms with Gasteiger partial charge in [0.15, 0.2) is 0 Å². The van der Waals surface area contributed by atoms with E-state index >= 15 is 0 Å². The standard InChI is InChI=1S/C13H11N5O4/c19-10-5-9(18-6-14-17-13(18)16-10)11(20)15-8-3-1-2-7(4-8)12(21)22/h1-4,6,9H,5H2,(H,15,20)(H,21,22)(H,16,17,19). The predicted molar refractivity (Wildman–Crippen MR) is 74.3 cm³/mol. The zero-order valence-corrected chi connectivity index (χ0v) is 11.2. The van der Waals surface area contributed by atoms with Gasteiger partial charge in [-0.05, 0) is 18.2 Å². The first-order chi connectivity index (χ1) is 10.5. The van der Waals surface area contributed by atoms with E-state index in [1.54, 1.807) is 6.07 Å². The average Bonchev–Trinajstić information content (AvgIpc) is 2.94. The van der Waals surface area contributed by atoms with Crippen LogP contribution in [0.1, 0.15) is 22.8 Å². The Morgan fingerprint density at radius 1 is 1.41 bits per heavy atom. The summed E-state index contributed by atoms with van der Waals surface area (Å²) in [5.74, 6) is -1.66. The fourth-order valence-corrected chi connectivity index (χ4v) is 2.18. The van der Waals surface area contributed by atoms with Crippen molar-refractivity contribution in [1.29, 1.82) is 0 Å². The number of carboxylic acids is 1. The summed E-state index contributed by atoms with van der Waals surface area (Å²) >= 11 is 0. The normalized spacial score (nSPS) is 16.5. The van der Waals surface area contributed by atoms with Crippen LogP contribution in [0.2, 0.25) is 0 Å². The molecule has 3 N–H and O–H groups in total. The van der Waals surface area contributed by atoms with E-state index in [-0.39, 0.29) is 23.8 Å². The molecule has 112 valence electrons. The zero-order valence-electron chi connectivity index (χ0n) is 11.2. The Labute approximate surface area is 124 Å². The minimum Gasteiger partial charge on any atom is -0.478 e. The summed E-state index contributed by atoms with van der Waals surface area (Å²) in [6.07, 6.45) is 1.31. The number of carbonyl (C=O) groups excluding carboxylic acids is 2. The van der Waals surface area contributed by atoms with Crippen molar-refractivity contribution in [2.45, 2.75) is 12.5 Å². The molecule has 2 amide bonds. The smallest absolute Gasteiger partial charge is 0.335 e. The molecule has 1 aliphatic heterocycles. The van der Waals surface area contributed by atoms with E-state index in [4.69, 9.17) is 5.11 Å². The van der Waals surface area contributed by atoms with Crippen LogP contribution in [0, 0.1) is 0 Å². The van der Waals surface area contributed by atoms with Crippen molar-refractivity contribution in [1.82, 2.24) is 14.8 Å². The maximum absolute atomic E-state index is 12.3. The van der Waals surface area contributed by atoms with Crippen molar-refractivity contribution in [3.05, 3.63) is 36.2 Å². The third kappa shape index (κ3) is 2.51. The number of carboxylic acid groups (broad SMARTS) is 1. The first kappa shape index (κ1) is 13.7. The van der Waals surface area contributed by atoms with E-state index in [0.717, 1.165) is 0 Å². The van der Waals surface area contributed by atoms with Gasteiger partial charge in [0.05, 0.1) is 12.0 Å². The Morgan fingerprint density at radius 3 is 3.00 bits per heavy atom. The van der Waals surface area contributed by atoms with Crippen molar-refractivity contribution in [3.8, 4) is 0 Å². The van der Waals surface area contributed by atoms with E-state index in [1.165, 1.54) is 29.1 Å². The molecule has 9 heteroatoms. The molecule has 0 saturated carbocycles. The second-order valence-electron chi connectivity index (χ2n) is 4.71. The fraction of sp³-hybridized carbons (Fsp3) is 0.154. The highest BCUT2D eigenvalue weighted by Crippen LogP contribution is 2.24. The molecule has 0 saturated heterocycles. The molecule has 1 aliphatic rings. The Kier molecular flexibility index (Phi) is 3.30. The summed E-state index contributed by atoms with van der Waals surface area (Å²) in [4.78, 5) is 34.9.